The zero-order valence-corrected chi connectivity index (χ0v) is 16.4. The Morgan fingerprint density at radius 3 is 2.28 bits per heavy atom. The first-order chi connectivity index (χ1) is 14.0. The lowest BCUT2D eigenvalue weighted by Gasteiger charge is -2.43. The minimum atomic E-state index is -1.11. The fraction of sp³-hybridized carbons (Fsp3) is 0.227. The Balaban J connectivity index is 1.42. The number of benzene rings is 2. The molecule has 4 rings (SSSR count). The number of hydrogen-bond acceptors (Lipinski definition) is 4. The van der Waals surface area contributed by atoms with Gasteiger partial charge in [-0.2, -0.15) is 0 Å². The van der Waals surface area contributed by atoms with E-state index in [-0.39, 0.29) is 30.0 Å². The van der Waals surface area contributed by atoms with E-state index in [4.69, 9.17) is 0 Å². The average molecular weight is 408 g/mol. The van der Waals surface area contributed by atoms with Gasteiger partial charge in [0.05, 0.1) is 12.5 Å². The Hall–Kier alpha value is -3.06. The fourth-order valence-electron chi connectivity index (χ4n) is 3.71. The largest absolute Gasteiger partial charge is 0.477 e. The highest BCUT2D eigenvalue weighted by molar-refractivity contribution is 8.02. The molecule has 1 fully saturated rings. The smallest absolute Gasteiger partial charge is 0.353 e. The van der Waals surface area contributed by atoms with Gasteiger partial charge in [0, 0.05) is 17.1 Å². The molecule has 0 aliphatic carbocycles. The summed E-state index contributed by atoms with van der Waals surface area (Å²) in [4.78, 5) is 38.7. The van der Waals surface area contributed by atoms with Gasteiger partial charge in [-0.1, -0.05) is 60.7 Å². The molecule has 148 valence electrons. The third kappa shape index (κ3) is 3.91. The molecule has 2 aliphatic rings. The monoisotopic (exact) mass is 408 g/mol. The van der Waals surface area contributed by atoms with Crippen molar-refractivity contribution < 1.29 is 19.5 Å². The van der Waals surface area contributed by atoms with Crippen LogP contribution in [0.2, 0.25) is 0 Å². The number of β-lactam (4-membered cyclic amide) rings is 1. The van der Waals surface area contributed by atoms with Gasteiger partial charge in [0.25, 0.3) is 5.91 Å². The number of aliphatic carboxylic acids is 1. The minimum Gasteiger partial charge on any atom is -0.477 e. The van der Waals surface area contributed by atoms with Crippen molar-refractivity contribution in [2.75, 3.05) is 0 Å². The Morgan fingerprint density at radius 1 is 1.03 bits per heavy atom. The van der Waals surface area contributed by atoms with Crippen molar-refractivity contribution in [3.05, 3.63) is 82.4 Å². The number of carboxylic acid groups (broad SMARTS) is 1. The second-order valence-corrected chi connectivity index (χ2v) is 8.11. The van der Waals surface area contributed by atoms with Crippen LogP contribution in [0.1, 0.15) is 17.5 Å². The molecule has 2 aromatic carbocycles. The number of thioether (sulfide) groups is 1. The van der Waals surface area contributed by atoms with Gasteiger partial charge < -0.3 is 10.4 Å². The molecule has 7 heteroatoms. The highest BCUT2D eigenvalue weighted by Crippen LogP contribution is 2.44. The van der Waals surface area contributed by atoms with Crippen LogP contribution in [-0.4, -0.2) is 39.9 Å². The van der Waals surface area contributed by atoms with Gasteiger partial charge in [-0.15, -0.1) is 11.8 Å². The van der Waals surface area contributed by atoms with Crippen molar-refractivity contribution in [2.24, 2.45) is 0 Å². The molecular weight excluding hydrogens is 388 g/mol. The number of rotatable bonds is 7. The van der Waals surface area contributed by atoms with Crippen LogP contribution in [0.4, 0.5) is 0 Å². The van der Waals surface area contributed by atoms with Gasteiger partial charge in [-0.25, -0.2) is 4.79 Å². The maximum absolute atomic E-state index is 12.6. The van der Waals surface area contributed by atoms with Crippen LogP contribution >= 0.6 is 11.8 Å². The molecule has 0 spiro atoms. The van der Waals surface area contributed by atoms with Gasteiger partial charge in [-0.05, 0) is 11.1 Å². The molecule has 2 aliphatic heterocycles. The van der Waals surface area contributed by atoms with Crippen molar-refractivity contribution in [3.8, 4) is 0 Å². The molecule has 2 N–H and O–H groups in total. The highest BCUT2D eigenvalue weighted by atomic mass is 32.2. The number of nitrogens with zero attached hydrogens (tertiary/aromatic N) is 1. The number of fused-ring (bicyclic) bond motifs is 1. The van der Waals surface area contributed by atoms with E-state index in [9.17, 15) is 19.5 Å². The van der Waals surface area contributed by atoms with Crippen molar-refractivity contribution in [1.82, 2.24) is 10.2 Å². The lowest BCUT2D eigenvalue weighted by atomic mass is 9.95. The topological polar surface area (TPSA) is 86.7 Å². The van der Waals surface area contributed by atoms with Gasteiger partial charge in [0.1, 0.15) is 11.7 Å². The van der Waals surface area contributed by atoms with Gasteiger partial charge in [0.15, 0.2) is 0 Å². The maximum atomic E-state index is 12.6. The van der Waals surface area contributed by atoms with Gasteiger partial charge in [0.2, 0.25) is 5.91 Å². The summed E-state index contributed by atoms with van der Waals surface area (Å²) in [6.07, 6.45) is 0.632. The summed E-state index contributed by atoms with van der Waals surface area (Å²) < 4.78 is 0. The second kappa shape index (κ2) is 8.13. The molecule has 0 aromatic heterocycles. The van der Waals surface area contributed by atoms with E-state index in [0.717, 1.165) is 11.1 Å². The first-order valence-corrected chi connectivity index (χ1v) is 10.3. The minimum absolute atomic E-state index is 0.0505. The number of carbonyl (C=O) groups is 3. The highest BCUT2D eigenvalue weighted by Gasteiger charge is 2.55. The number of amides is 2. The zero-order chi connectivity index (χ0) is 20.4. The van der Waals surface area contributed by atoms with Gasteiger partial charge >= 0.3 is 5.97 Å². The standard InChI is InChI=1S/C22H20N2O4S/c25-18(11-14-7-3-1-4-8-14)23-19-16-12-17(20(22(27)28)24(16)21(19)26)29-13-15-9-5-2-6-10-15/h1-10,16,19H,11-13H2,(H,23,25)(H,27,28). The molecule has 2 atom stereocenters. The fourth-order valence-corrected chi connectivity index (χ4v) is 4.85. The van der Waals surface area contributed by atoms with Crippen molar-refractivity contribution in [1.29, 1.82) is 0 Å². The van der Waals surface area contributed by atoms with E-state index in [1.807, 2.05) is 60.7 Å². The summed E-state index contributed by atoms with van der Waals surface area (Å²) in [5, 5.41) is 12.4. The van der Waals surface area contributed by atoms with E-state index in [0.29, 0.717) is 17.1 Å². The molecule has 0 saturated carbocycles. The van der Waals surface area contributed by atoms with Crippen molar-refractivity contribution in [3.63, 3.8) is 0 Å². The van der Waals surface area contributed by atoms with Crippen molar-refractivity contribution >= 4 is 29.5 Å². The summed E-state index contributed by atoms with van der Waals surface area (Å²) in [7, 11) is 0. The molecular formula is C22H20N2O4S. The number of carboxylic acids is 1. The Kier molecular flexibility index (Phi) is 5.40. The molecule has 2 amide bonds. The predicted octanol–water partition coefficient (Wildman–Crippen LogP) is 2.56. The Morgan fingerprint density at radius 2 is 1.66 bits per heavy atom. The van der Waals surface area contributed by atoms with Crippen LogP contribution in [0.3, 0.4) is 0 Å². The Bertz CT molecular complexity index is 975. The van der Waals surface area contributed by atoms with Gasteiger partial charge in [-0.3, -0.25) is 14.5 Å². The first kappa shape index (κ1) is 19.3. The summed E-state index contributed by atoms with van der Waals surface area (Å²) >= 11 is 1.44. The molecule has 6 nitrogen and oxygen atoms in total. The second-order valence-electron chi connectivity index (χ2n) is 7.04. The normalized spacial score (nSPS) is 20.3. The third-order valence-electron chi connectivity index (χ3n) is 5.10. The summed E-state index contributed by atoms with van der Waals surface area (Å²) in [5.74, 6) is -1.07. The number of nitrogens with one attached hydrogen (secondary N) is 1. The molecule has 0 radical (unpaired) electrons. The molecule has 2 aromatic rings. The van der Waals surface area contributed by atoms with Crippen LogP contribution in [0, 0.1) is 0 Å². The molecule has 2 unspecified atom stereocenters. The Labute approximate surface area is 172 Å². The van der Waals surface area contributed by atoms with Crippen LogP contribution in [0.25, 0.3) is 0 Å². The quantitative estimate of drug-likeness (QED) is 0.688. The third-order valence-corrected chi connectivity index (χ3v) is 6.29. The SMILES string of the molecule is O=C(Cc1ccccc1)NC1C(=O)N2C(C(=O)O)=C(SCc3ccccc3)CC12. The maximum Gasteiger partial charge on any atom is 0.353 e. The van der Waals surface area contributed by atoms with E-state index < -0.39 is 12.0 Å². The number of carbonyl (C=O) groups excluding carboxylic acids is 2. The number of hydrogen-bond donors (Lipinski definition) is 2. The summed E-state index contributed by atoms with van der Waals surface area (Å²) in [6.45, 7) is 0. The van der Waals surface area contributed by atoms with E-state index >= 15 is 0 Å². The van der Waals surface area contributed by atoms with Crippen LogP contribution in [-0.2, 0) is 26.6 Å². The zero-order valence-electron chi connectivity index (χ0n) is 15.6. The van der Waals surface area contributed by atoms with Crippen LogP contribution < -0.4 is 5.32 Å². The summed E-state index contributed by atoms with van der Waals surface area (Å²) in [5.41, 5.74) is 2.00. The van der Waals surface area contributed by atoms with E-state index in [2.05, 4.69) is 5.32 Å². The first-order valence-electron chi connectivity index (χ1n) is 9.34. The van der Waals surface area contributed by atoms with Crippen LogP contribution in [0.5, 0.6) is 0 Å². The molecule has 1 saturated heterocycles. The molecule has 2 heterocycles. The predicted molar refractivity (Wildman–Crippen MR) is 110 cm³/mol. The molecule has 0 bridgehead atoms. The van der Waals surface area contributed by atoms with Crippen LogP contribution in [0.15, 0.2) is 71.3 Å². The van der Waals surface area contributed by atoms with Crippen molar-refractivity contribution in [2.45, 2.75) is 30.7 Å². The molecule has 29 heavy (non-hydrogen) atoms. The lowest BCUT2D eigenvalue weighted by molar-refractivity contribution is -0.152. The van der Waals surface area contributed by atoms with E-state index in [1.54, 1.807) is 0 Å². The lowest BCUT2D eigenvalue weighted by Crippen LogP contribution is -2.68. The average Bonchev–Trinajstić information content (AvgIpc) is 3.08. The van der Waals surface area contributed by atoms with E-state index in [1.165, 1.54) is 16.7 Å². The summed E-state index contributed by atoms with van der Waals surface area (Å²) in [6, 6.07) is 18.1.